The minimum atomic E-state index is 0. The Morgan fingerprint density at radius 1 is 1.15 bits per heavy atom. The number of nitrogens with one attached hydrogen (secondary N) is 2. The van der Waals surface area contributed by atoms with E-state index in [1.807, 2.05) is 18.2 Å². The summed E-state index contributed by atoms with van der Waals surface area (Å²) in [6.45, 7) is 2.06. The van der Waals surface area contributed by atoms with Gasteiger partial charge in [-0.3, -0.25) is 4.99 Å². The molecule has 0 bridgehead atoms. The zero-order chi connectivity index (χ0) is 17.5. The molecule has 1 aliphatic heterocycles. The maximum atomic E-state index is 5.95. The number of methoxy groups -OCH3 is 1. The van der Waals surface area contributed by atoms with Crippen molar-refractivity contribution in [2.75, 3.05) is 20.7 Å². The molecule has 0 aliphatic carbocycles. The van der Waals surface area contributed by atoms with Crippen molar-refractivity contribution < 1.29 is 9.47 Å². The van der Waals surface area contributed by atoms with E-state index in [4.69, 9.17) is 9.47 Å². The summed E-state index contributed by atoms with van der Waals surface area (Å²) >= 11 is 0. The summed E-state index contributed by atoms with van der Waals surface area (Å²) in [5.74, 6) is 1.77. The summed E-state index contributed by atoms with van der Waals surface area (Å²) in [4.78, 5) is 4.29. The average molecular weight is 467 g/mol. The molecule has 1 atom stereocenters. The number of guanidine groups is 1. The first-order valence-electron chi connectivity index (χ1n) is 8.54. The van der Waals surface area contributed by atoms with Gasteiger partial charge in [0.2, 0.25) is 0 Å². The molecule has 0 aromatic heterocycles. The van der Waals surface area contributed by atoms with Gasteiger partial charge in [0.15, 0.2) is 5.96 Å². The second-order valence-corrected chi connectivity index (χ2v) is 6.11. The van der Waals surface area contributed by atoms with E-state index >= 15 is 0 Å². The van der Waals surface area contributed by atoms with E-state index in [9.17, 15) is 0 Å². The maximum Gasteiger partial charge on any atom is 0.191 e. The fraction of sp³-hybridized carbons (Fsp3) is 0.350. The molecule has 2 aromatic carbocycles. The van der Waals surface area contributed by atoms with Crippen molar-refractivity contribution in [1.82, 2.24) is 10.6 Å². The van der Waals surface area contributed by atoms with E-state index in [0.29, 0.717) is 13.2 Å². The van der Waals surface area contributed by atoms with Crippen molar-refractivity contribution in [3.05, 3.63) is 65.2 Å². The summed E-state index contributed by atoms with van der Waals surface area (Å²) in [5.41, 5.74) is 3.64. The molecule has 3 rings (SSSR count). The minimum Gasteiger partial charge on any atom is -0.488 e. The fourth-order valence-electron chi connectivity index (χ4n) is 2.98. The van der Waals surface area contributed by atoms with Gasteiger partial charge >= 0.3 is 0 Å². The summed E-state index contributed by atoms with van der Waals surface area (Å²) in [5, 5.41) is 6.69. The quantitative estimate of drug-likeness (QED) is 0.390. The van der Waals surface area contributed by atoms with E-state index < -0.39 is 0 Å². The SMILES string of the molecule is CN=C(NCc1cccc(COC)c1)NCC1Cc2ccccc2O1.I. The van der Waals surface area contributed by atoms with Crippen LogP contribution in [0.25, 0.3) is 0 Å². The number of rotatable bonds is 6. The van der Waals surface area contributed by atoms with Crippen LogP contribution < -0.4 is 15.4 Å². The van der Waals surface area contributed by atoms with Crippen LogP contribution in [0.5, 0.6) is 5.75 Å². The van der Waals surface area contributed by atoms with Gasteiger partial charge in [0.05, 0.1) is 13.2 Å². The summed E-state index contributed by atoms with van der Waals surface area (Å²) in [6, 6.07) is 16.5. The van der Waals surface area contributed by atoms with Gasteiger partial charge in [0, 0.05) is 27.1 Å². The van der Waals surface area contributed by atoms with Crippen LogP contribution in [-0.2, 0) is 24.3 Å². The van der Waals surface area contributed by atoms with Crippen molar-refractivity contribution in [3.63, 3.8) is 0 Å². The normalized spacial score (nSPS) is 15.6. The van der Waals surface area contributed by atoms with E-state index in [0.717, 1.165) is 24.7 Å². The number of hydrogen-bond acceptors (Lipinski definition) is 3. The lowest BCUT2D eigenvalue weighted by Gasteiger charge is -2.16. The largest absolute Gasteiger partial charge is 0.488 e. The minimum absolute atomic E-state index is 0. The number of fused-ring (bicyclic) bond motifs is 1. The molecule has 1 unspecified atom stereocenters. The first kappa shape index (κ1) is 20.5. The fourth-order valence-corrected chi connectivity index (χ4v) is 2.98. The van der Waals surface area contributed by atoms with Gasteiger partial charge in [-0.2, -0.15) is 0 Å². The highest BCUT2D eigenvalue weighted by Crippen LogP contribution is 2.27. The Hall–Kier alpha value is -1.80. The third-order valence-corrected chi connectivity index (χ3v) is 4.20. The smallest absolute Gasteiger partial charge is 0.191 e. The zero-order valence-corrected chi connectivity index (χ0v) is 17.5. The highest BCUT2D eigenvalue weighted by atomic mass is 127. The highest BCUT2D eigenvalue weighted by molar-refractivity contribution is 14.0. The van der Waals surface area contributed by atoms with Gasteiger partial charge in [0.25, 0.3) is 0 Å². The molecular weight excluding hydrogens is 441 g/mol. The Labute approximate surface area is 172 Å². The summed E-state index contributed by atoms with van der Waals surface area (Å²) in [7, 11) is 3.49. The van der Waals surface area contributed by atoms with Crippen LogP contribution >= 0.6 is 24.0 Å². The third kappa shape index (κ3) is 5.60. The van der Waals surface area contributed by atoms with Gasteiger partial charge in [-0.25, -0.2) is 0 Å². The Bertz CT molecular complexity index is 712. The molecule has 1 aliphatic rings. The predicted octanol–water partition coefficient (Wildman–Crippen LogP) is 3.12. The Morgan fingerprint density at radius 2 is 1.96 bits per heavy atom. The lowest BCUT2D eigenvalue weighted by molar-refractivity contribution is 0.185. The van der Waals surface area contributed by atoms with E-state index in [1.54, 1.807) is 14.2 Å². The topological polar surface area (TPSA) is 54.9 Å². The molecule has 0 radical (unpaired) electrons. The molecule has 0 spiro atoms. The standard InChI is InChI=1S/C20H25N3O2.HI/c1-21-20(22-12-15-6-5-7-16(10-15)14-24-2)23-13-18-11-17-8-3-4-9-19(17)25-18;/h3-10,18H,11-14H2,1-2H3,(H2,21,22,23);1H. The van der Waals surface area contributed by atoms with Crippen LogP contribution in [0.1, 0.15) is 16.7 Å². The van der Waals surface area contributed by atoms with Crippen LogP contribution in [0.15, 0.2) is 53.5 Å². The lowest BCUT2D eigenvalue weighted by atomic mass is 10.1. The van der Waals surface area contributed by atoms with Gasteiger partial charge in [-0.1, -0.05) is 42.5 Å². The Morgan fingerprint density at radius 3 is 2.73 bits per heavy atom. The van der Waals surface area contributed by atoms with Crippen molar-refractivity contribution >= 4 is 29.9 Å². The number of benzene rings is 2. The number of nitrogens with zero attached hydrogens (tertiary/aromatic N) is 1. The van der Waals surface area contributed by atoms with Crippen LogP contribution in [-0.4, -0.2) is 32.8 Å². The number of ether oxygens (including phenoxy) is 2. The third-order valence-electron chi connectivity index (χ3n) is 4.20. The van der Waals surface area contributed by atoms with Gasteiger partial charge < -0.3 is 20.1 Å². The molecule has 26 heavy (non-hydrogen) atoms. The first-order valence-corrected chi connectivity index (χ1v) is 8.54. The predicted molar refractivity (Wildman–Crippen MR) is 115 cm³/mol. The monoisotopic (exact) mass is 467 g/mol. The van der Waals surface area contributed by atoms with Crippen molar-refractivity contribution in [1.29, 1.82) is 0 Å². The molecule has 1 heterocycles. The van der Waals surface area contributed by atoms with Crippen molar-refractivity contribution in [3.8, 4) is 5.75 Å². The van der Waals surface area contributed by atoms with E-state index in [2.05, 4.69) is 46.0 Å². The number of hydrogen-bond donors (Lipinski definition) is 2. The van der Waals surface area contributed by atoms with Crippen LogP contribution in [0.2, 0.25) is 0 Å². The second-order valence-electron chi connectivity index (χ2n) is 6.11. The van der Waals surface area contributed by atoms with Crippen LogP contribution in [0, 0.1) is 0 Å². The first-order chi connectivity index (χ1) is 12.3. The average Bonchev–Trinajstić information content (AvgIpc) is 3.05. The number of halogens is 1. The molecular formula is C20H26IN3O2. The summed E-state index contributed by atoms with van der Waals surface area (Å²) < 4.78 is 11.1. The number of para-hydroxylation sites is 1. The molecule has 0 saturated heterocycles. The van der Waals surface area contributed by atoms with Crippen LogP contribution in [0.3, 0.4) is 0 Å². The molecule has 140 valence electrons. The Kier molecular flexibility index (Phi) is 8.18. The van der Waals surface area contributed by atoms with E-state index in [1.165, 1.54) is 16.7 Å². The van der Waals surface area contributed by atoms with Crippen molar-refractivity contribution in [2.24, 2.45) is 4.99 Å². The number of aliphatic imine (C=N–C) groups is 1. The highest BCUT2D eigenvalue weighted by Gasteiger charge is 2.22. The zero-order valence-electron chi connectivity index (χ0n) is 15.2. The van der Waals surface area contributed by atoms with Crippen LogP contribution in [0.4, 0.5) is 0 Å². The molecule has 6 heteroatoms. The molecule has 0 fully saturated rings. The van der Waals surface area contributed by atoms with Crippen molar-refractivity contribution in [2.45, 2.75) is 25.7 Å². The molecule has 2 aromatic rings. The maximum absolute atomic E-state index is 5.95. The van der Waals surface area contributed by atoms with Gasteiger partial charge in [0.1, 0.15) is 11.9 Å². The molecule has 0 amide bonds. The summed E-state index contributed by atoms with van der Waals surface area (Å²) in [6.07, 6.45) is 1.07. The van der Waals surface area contributed by atoms with E-state index in [-0.39, 0.29) is 30.1 Å². The second kappa shape index (κ2) is 10.4. The lowest BCUT2D eigenvalue weighted by Crippen LogP contribution is -2.41. The molecule has 5 nitrogen and oxygen atoms in total. The van der Waals surface area contributed by atoms with Gasteiger partial charge in [-0.05, 0) is 22.8 Å². The molecule has 2 N–H and O–H groups in total. The Balaban J connectivity index is 0.00000243. The van der Waals surface area contributed by atoms with Gasteiger partial charge in [-0.15, -0.1) is 24.0 Å². The molecule has 0 saturated carbocycles.